The summed E-state index contributed by atoms with van der Waals surface area (Å²) in [7, 11) is 0. The third-order valence-electron chi connectivity index (χ3n) is 5.61. The molecule has 5 nitrogen and oxygen atoms in total. The van der Waals surface area contributed by atoms with Crippen molar-refractivity contribution in [3.8, 4) is 22.8 Å². The third kappa shape index (κ3) is 5.84. The zero-order valence-corrected chi connectivity index (χ0v) is 20.2. The number of aromatic nitrogens is 2. The first kappa shape index (κ1) is 23.6. The number of unbranched alkanes of at least 4 members (excludes halogenated alkanes) is 2. The fourth-order valence-corrected chi connectivity index (χ4v) is 3.94. The summed E-state index contributed by atoms with van der Waals surface area (Å²) in [6, 6.07) is 24.8. The second-order valence-electron chi connectivity index (χ2n) is 8.82. The highest BCUT2D eigenvalue weighted by molar-refractivity contribution is 5.84. The lowest BCUT2D eigenvalue weighted by Gasteiger charge is -2.11. The molecule has 0 saturated heterocycles. The van der Waals surface area contributed by atoms with Crippen molar-refractivity contribution < 1.29 is 14.3 Å². The average Bonchev–Trinajstić information content (AvgIpc) is 3.20. The first-order valence-corrected chi connectivity index (χ1v) is 12.0. The summed E-state index contributed by atoms with van der Waals surface area (Å²) in [5.41, 5.74) is 5.29. The van der Waals surface area contributed by atoms with Crippen molar-refractivity contribution in [3.63, 3.8) is 0 Å². The molecule has 0 amide bonds. The molecule has 0 saturated carbocycles. The predicted molar refractivity (Wildman–Crippen MR) is 136 cm³/mol. The first-order valence-electron chi connectivity index (χ1n) is 12.0. The fraction of sp³-hybridized carbons (Fsp3) is 0.310. The number of rotatable bonds is 10. The van der Waals surface area contributed by atoms with Gasteiger partial charge in [0, 0.05) is 23.7 Å². The van der Waals surface area contributed by atoms with Gasteiger partial charge in [-0.3, -0.25) is 9.36 Å². The van der Waals surface area contributed by atoms with Crippen LogP contribution in [0, 0.1) is 6.92 Å². The molecule has 1 aromatic heterocycles. The van der Waals surface area contributed by atoms with Crippen LogP contribution in [0.1, 0.15) is 45.1 Å². The van der Waals surface area contributed by atoms with E-state index in [4.69, 9.17) is 14.5 Å². The number of hydrogen-bond donors (Lipinski definition) is 0. The van der Waals surface area contributed by atoms with Crippen molar-refractivity contribution in [1.82, 2.24) is 9.55 Å². The maximum atomic E-state index is 11.6. The Bertz CT molecular complexity index is 1230. The van der Waals surface area contributed by atoms with E-state index in [2.05, 4.69) is 54.0 Å². The summed E-state index contributed by atoms with van der Waals surface area (Å²) >= 11 is 0. The monoisotopic (exact) mass is 456 g/mol. The molecule has 0 aliphatic heterocycles. The minimum atomic E-state index is -0.125. The van der Waals surface area contributed by atoms with Crippen molar-refractivity contribution in [1.29, 1.82) is 0 Å². The summed E-state index contributed by atoms with van der Waals surface area (Å²) in [5, 5.41) is 0. The molecule has 0 aliphatic rings. The molecule has 34 heavy (non-hydrogen) atoms. The quantitative estimate of drug-likeness (QED) is 0.193. The molecule has 0 atom stereocenters. The van der Waals surface area contributed by atoms with Gasteiger partial charge in [-0.2, -0.15) is 0 Å². The molecule has 0 radical (unpaired) electrons. The van der Waals surface area contributed by atoms with Gasteiger partial charge in [-0.05, 0) is 64.3 Å². The minimum Gasteiger partial charge on any atom is -0.494 e. The normalized spacial score (nSPS) is 11.2. The van der Waals surface area contributed by atoms with E-state index >= 15 is 0 Å². The molecule has 3 aromatic carbocycles. The Morgan fingerprint density at radius 3 is 2.44 bits per heavy atom. The number of esters is 1. The second kappa shape index (κ2) is 11.0. The van der Waals surface area contributed by atoms with Gasteiger partial charge in [0.05, 0.1) is 23.7 Å². The number of carbonyl (C=O) groups excluding carboxylic acids is 1. The van der Waals surface area contributed by atoms with Gasteiger partial charge < -0.3 is 9.47 Å². The van der Waals surface area contributed by atoms with Gasteiger partial charge in [0.2, 0.25) is 0 Å². The van der Waals surface area contributed by atoms with Crippen LogP contribution in [-0.2, 0) is 9.53 Å². The molecule has 0 unspecified atom stereocenters. The first-order chi connectivity index (χ1) is 16.5. The highest BCUT2D eigenvalue weighted by Crippen LogP contribution is 2.31. The van der Waals surface area contributed by atoms with E-state index < -0.39 is 0 Å². The molecule has 4 rings (SSSR count). The summed E-state index contributed by atoms with van der Waals surface area (Å²) in [5.74, 6) is 1.60. The Morgan fingerprint density at radius 2 is 1.71 bits per heavy atom. The van der Waals surface area contributed by atoms with Crippen LogP contribution in [0.2, 0.25) is 0 Å². The van der Waals surface area contributed by atoms with E-state index in [1.165, 1.54) is 5.56 Å². The van der Waals surface area contributed by atoms with Gasteiger partial charge in [-0.25, -0.2) is 4.98 Å². The molecule has 0 N–H and O–H groups in total. The van der Waals surface area contributed by atoms with Crippen molar-refractivity contribution >= 4 is 17.0 Å². The predicted octanol–water partition coefficient (Wildman–Crippen LogP) is 6.89. The molecule has 0 bridgehead atoms. The minimum absolute atomic E-state index is 0.0541. The van der Waals surface area contributed by atoms with Crippen LogP contribution in [0.3, 0.4) is 0 Å². The zero-order chi connectivity index (χ0) is 23.9. The van der Waals surface area contributed by atoms with Crippen molar-refractivity contribution in [3.05, 3.63) is 78.4 Å². The highest BCUT2D eigenvalue weighted by atomic mass is 16.5. The number of para-hydroxylation sites is 1. The Balaban J connectivity index is 1.49. The lowest BCUT2D eigenvalue weighted by Crippen LogP contribution is -2.11. The number of hydrogen-bond acceptors (Lipinski definition) is 4. The summed E-state index contributed by atoms with van der Waals surface area (Å²) in [4.78, 5) is 16.6. The van der Waals surface area contributed by atoms with Crippen molar-refractivity contribution in [2.45, 2.75) is 52.6 Å². The lowest BCUT2D eigenvalue weighted by atomic mass is 10.1. The highest BCUT2D eigenvalue weighted by Gasteiger charge is 2.15. The number of ether oxygens (including phenoxy) is 2. The molecule has 1 heterocycles. The van der Waals surface area contributed by atoms with Gasteiger partial charge in [0.1, 0.15) is 11.6 Å². The maximum Gasteiger partial charge on any atom is 0.306 e. The largest absolute Gasteiger partial charge is 0.494 e. The number of benzene rings is 3. The van der Waals surface area contributed by atoms with Gasteiger partial charge in [-0.15, -0.1) is 0 Å². The molecule has 4 aromatic rings. The van der Waals surface area contributed by atoms with Crippen LogP contribution >= 0.6 is 0 Å². The lowest BCUT2D eigenvalue weighted by molar-refractivity contribution is -0.147. The van der Waals surface area contributed by atoms with E-state index in [0.717, 1.165) is 53.1 Å². The van der Waals surface area contributed by atoms with E-state index in [9.17, 15) is 4.79 Å². The van der Waals surface area contributed by atoms with Gasteiger partial charge >= 0.3 is 5.97 Å². The summed E-state index contributed by atoms with van der Waals surface area (Å²) < 4.78 is 13.4. The van der Waals surface area contributed by atoms with Crippen LogP contribution in [0.4, 0.5) is 0 Å². The number of nitrogens with zero attached hydrogens (tertiary/aromatic N) is 2. The number of aryl methyl sites for hydroxylation is 1. The van der Waals surface area contributed by atoms with Crippen molar-refractivity contribution in [2.75, 3.05) is 6.61 Å². The van der Waals surface area contributed by atoms with Crippen molar-refractivity contribution in [2.24, 2.45) is 0 Å². The van der Waals surface area contributed by atoms with E-state index in [1.54, 1.807) is 0 Å². The fourth-order valence-electron chi connectivity index (χ4n) is 3.94. The Labute approximate surface area is 201 Å². The Hall–Kier alpha value is -3.60. The topological polar surface area (TPSA) is 53.4 Å². The smallest absolute Gasteiger partial charge is 0.306 e. The van der Waals surface area contributed by atoms with Crippen LogP contribution in [0.25, 0.3) is 28.1 Å². The average molecular weight is 457 g/mol. The molecular formula is C29H32N2O3. The molecule has 0 aliphatic carbocycles. The number of imidazole rings is 1. The van der Waals surface area contributed by atoms with E-state index in [0.29, 0.717) is 13.0 Å². The zero-order valence-electron chi connectivity index (χ0n) is 20.2. The van der Waals surface area contributed by atoms with Crippen LogP contribution < -0.4 is 4.74 Å². The standard InChI is InChI=1S/C29H32N2O3/c1-21(2)34-28(32)12-8-5-9-19-33-25-17-18-26-27(20-25)31(24-10-6-4-7-11-24)29(30-26)23-15-13-22(3)14-16-23/h4,6-7,10-11,13-18,20-21H,5,8-9,12,19H2,1-3H3. The van der Waals surface area contributed by atoms with E-state index in [-0.39, 0.29) is 12.1 Å². The van der Waals surface area contributed by atoms with Crippen LogP contribution in [0.5, 0.6) is 5.75 Å². The second-order valence-corrected chi connectivity index (χ2v) is 8.82. The summed E-state index contributed by atoms with van der Waals surface area (Å²) in [6.07, 6.45) is 3.03. The molecule has 0 spiro atoms. The Kier molecular flexibility index (Phi) is 7.63. The van der Waals surface area contributed by atoms with Gasteiger partial charge in [-0.1, -0.05) is 48.0 Å². The molecule has 176 valence electrons. The molecule has 0 fully saturated rings. The number of fused-ring (bicyclic) bond motifs is 1. The Morgan fingerprint density at radius 1 is 0.941 bits per heavy atom. The van der Waals surface area contributed by atoms with Crippen LogP contribution in [0.15, 0.2) is 72.8 Å². The van der Waals surface area contributed by atoms with Gasteiger partial charge in [0.15, 0.2) is 0 Å². The summed E-state index contributed by atoms with van der Waals surface area (Å²) in [6.45, 7) is 6.44. The molecular weight excluding hydrogens is 424 g/mol. The maximum absolute atomic E-state index is 11.6. The van der Waals surface area contributed by atoms with Gasteiger partial charge in [0.25, 0.3) is 0 Å². The van der Waals surface area contributed by atoms with Crippen LogP contribution in [-0.4, -0.2) is 28.2 Å². The molecule has 5 heteroatoms. The SMILES string of the molecule is Cc1ccc(-c2nc3ccc(OCCCCCC(=O)OC(C)C)cc3n2-c2ccccc2)cc1. The number of carbonyl (C=O) groups is 1. The third-order valence-corrected chi connectivity index (χ3v) is 5.61. The van der Waals surface area contributed by atoms with E-state index in [1.807, 2.05) is 44.2 Å².